The number of rotatable bonds is 3. The molecule has 0 saturated heterocycles. The quantitative estimate of drug-likeness (QED) is 0.830. The Morgan fingerprint density at radius 1 is 1.47 bits per heavy atom. The predicted octanol–water partition coefficient (Wildman–Crippen LogP) is 2.30. The van der Waals surface area contributed by atoms with Crippen molar-refractivity contribution in [1.82, 2.24) is 9.78 Å². The van der Waals surface area contributed by atoms with Gasteiger partial charge in [0.05, 0.1) is 24.6 Å². The van der Waals surface area contributed by atoms with E-state index in [-0.39, 0.29) is 5.95 Å². The normalized spacial score (nSPS) is 10.5. The topological polar surface area (TPSA) is 53.1 Å². The van der Waals surface area contributed by atoms with Crippen LogP contribution in [0.15, 0.2) is 24.4 Å². The molecule has 90 valence electrons. The van der Waals surface area contributed by atoms with Gasteiger partial charge in [0, 0.05) is 6.54 Å². The standard InChI is InChI=1S/C12H14FN3O/c1-3-16-12(13)9(7-15-16)8-4-5-11(17-2)10(14)6-8/h4-7H,3,14H2,1-2H3. The van der Waals surface area contributed by atoms with Gasteiger partial charge in [-0.05, 0) is 24.6 Å². The van der Waals surface area contributed by atoms with Gasteiger partial charge in [-0.15, -0.1) is 0 Å². The third kappa shape index (κ3) is 1.95. The summed E-state index contributed by atoms with van der Waals surface area (Å²) in [6.07, 6.45) is 1.50. The van der Waals surface area contributed by atoms with E-state index in [9.17, 15) is 4.39 Å². The maximum absolute atomic E-state index is 13.9. The van der Waals surface area contributed by atoms with E-state index < -0.39 is 0 Å². The summed E-state index contributed by atoms with van der Waals surface area (Å²) in [6.45, 7) is 2.33. The van der Waals surface area contributed by atoms with E-state index in [1.54, 1.807) is 25.3 Å². The Kier molecular flexibility index (Phi) is 2.99. The first kappa shape index (κ1) is 11.4. The molecule has 0 amide bonds. The molecule has 2 aromatic rings. The minimum atomic E-state index is -0.350. The number of nitrogens with zero attached hydrogens (tertiary/aromatic N) is 2. The van der Waals surface area contributed by atoms with Crippen molar-refractivity contribution in [3.8, 4) is 16.9 Å². The van der Waals surface area contributed by atoms with E-state index in [0.717, 1.165) is 0 Å². The molecule has 0 radical (unpaired) electrons. The van der Waals surface area contributed by atoms with Crippen molar-refractivity contribution >= 4 is 5.69 Å². The number of aryl methyl sites for hydroxylation is 1. The predicted molar refractivity (Wildman–Crippen MR) is 64.3 cm³/mol. The van der Waals surface area contributed by atoms with Gasteiger partial charge >= 0.3 is 0 Å². The number of ether oxygens (including phenoxy) is 1. The summed E-state index contributed by atoms with van der Waals surface area (Å²) in [5.74, 6) is 0.231. The molecule has 0 unspecified atom stereocenters. The highest BCUT2D eigenvalue weighted by molar-refractivity contribution is 5.70. The fourth-order valence-corrected chi connectivity index (χ4v) is 1.69. The molecule has 5 heteroatoms. The lowest BCUT2D eigenvalue weighted by Gasteiger charge is -2.06. The van der Waals surface area contributed by atoms with Crippen LogP contribution in [0.1, 0.15) is 6.92 Å². The largest absolute Gasteiger partial charge is 0.495 e. The van der Waals surface area contributed by atoms with E-state index in [0.29, 0.717) is 29.1 Å². The van der Waals surface area contributed by atoms with Gasteiger partial charge < -0.3 is 10.5 Å². The summed E-state index contributed by atoms with van der Waals surface area (Å²) in [5, 5.41) is 3.95. The van der Waals surface area contributed by atoms with E-state index in [1.165, 1.54) is 10.9 Å². The monoisotopic (exact) mass is 235 g/mol. The fourth-order valence-electron chi connectivity index (χ4n) is 1.69. The first-order valence-corrected chi connectivity index (χ1v) is 5.32. The van der Waals surface area contributed by atoms with Crippen LogP contribution in [0, 0.1) is 5.95 Å². The molecule has 2 N–H and O–H groups in total. The summed E-state index contributed by atoms with van der Waals surface area (Å²) in [4.78, 5) is 0. The Morgan fingerprint density at radius 2 is 2.24 bits per heavy atom. The highest BCUT2D eigenvalue weighted by Crippen LogP contribution is 2.29. The molecule has 2 rings (SSSR count). The SMILES string of the molecule is CCn1ncc(-c2ccc(OC)c(N)c2)c1F. The van der Waals surface area contributed by atoms with Crippen LogP contribution >= 0.6 is 0 Å². The molecule has 1 aromatic carbocycles. The van der Waals surface area contributed by atoms with Crippen LogP contribution in [0.25, 0.3) is 11.1 Å². The van der Waals surface area contributed by atoms with E-state index in [2.05, 4.69) is 5.10 Å². The second-order valence-electron chi connectivity index (χ2n) is 3.62. The molecule has 0 fully saturated rings. The molecular formula is C12H14FN3O. The third-order valence-corrected chi connectivity index (χ3v) is 2.62. The van der Waals surface area contributed by atoms with Gasteiger partial charge in [-0.25, -0.2) is 4.68 Å². The van der Waals surface area contributed by atoms with Crippen molar-refractivity contribution in [3.63, 3.8) is 0 Å². The number of nitrogen functional groups attached to an aromatic ring is 1. The van der Waals surface area contributed by atoms with Gasteiger partial charge in [-0.1, -0.05) is 6.07 Å². The van der Waals surface area contributed by atoms with Crippen LogP contribution in [-0.4, -0.2) is 16.9 Å². The van der Waals surface area contributed by atoms with Crippen molar-refractivity contribution < 1.29 is 9.13 Å². The average Bonchev–Trinajstić information content (AvgIpc) is 2.70. The molecule has 0 aliphatic heterocycles. The van der Waals surface area contributed by atoms with Gasteiger partial charge in [-0.3, -0.25) is 0 Å². The number of nitrogens with two attached hydrogens (primary N) is 1. The van der Waals surface area contributed by atoms with Crippen LogP contribution in [0.2, 0.25) is 0 Å². The van der Waals surface area contributed by atoms with Gasteiger partial charge in [0.2, 0.25) is 5.95 Å². The second-order valence-corrected chi connectivity index (χ2v) is 3.62. The number of aromatic nitrogens is 2. The molecule has 0 aliphatic carbocycles. The molecule has 4 nitrogen and oxygen atoms in total. The molecule has 0 aliphatic rings. The Hall–Kier alpha value is -2.04. The first-order valence-electron chi connectivity index (χ1n) is 5.32. The lowest BCUT2D eigenvalue weighted by molar-refractivity contribution is 0.417. The molecule has 1 heterocycles. The summed E-state index contributed by atoms with van der Waals surface area (Å²) >= 11 is 0. The first-order chi connectivity index (χ1) is 8.17. The molecule has 1 aromatic heterocycles. The van der Waals surface area contributed by atoms with Crippen LogP contribution in [0.4, 0.5) is 10.1 Å². The Balaban J connectivity index is 2.46. The maximum Gasteiger partial charge on any atom is 0.219 e. The number of methoxy groups -OCH3 is 1. The van der Waals surface area contributed by atoms with Crippen molar-refractivity contribution in [1.29, 1.82) is 0 Å². The highest BCUT2D eigenvalue weighted by atomic mass is 19.1. The Bertz CT molecular complexity index is 537. The van der Waals surface area contributed by atoms with Crippen LogP contribution in [0.3, 0.4) is 0 Å². The summed E-state index contributed by atoms with van der Waals surface area (Å²) in [5.41, 5.74) is 7.40. The number of hydrogen-bond acceptors (Lipinski definition) is 3. The Labute approximate surface area is 98.8 Å². The lowest BCUT2D eigenvalue weighted by Crippen LogP contribution is -1.99. The summed E-state index contributed by atoms with van der Waals surface area (Å²) < 4.78 is 20.2. The zero-order chi connectivity index (χ0) is 12.4. The van der Waals surface area contributed by atoms with Crippen molar-refractivity contribution in [2.24, 2.45) is 0 Å². The van der Waals surface area contributed by atoms with E-state index in [1.807, 2.05) is 6.92 Å². The second kappa shape index (κ2) is 4.45. The average molecular weight is 235 g/mol. The fraction of sp³-hybridized carbons (Fsp3) is 0.250. The van der Waals surface area contributed by atoms with Gasteiger partial charge in [0.15, 0.2) is 0 Å². The zero-order valence-electron chi connectivity index (χ0n) is 9.77. The number of anilines is 1. The molecule has 17 heavy (non-hydrogen) atoms. The molecule has 0 atom stereocenters. The summed E-state index contributed by atoms with van der Waals surface area (Å²) in [7, 11) is 1.54. The number of halogens is 1. The van der Waals surface area contributed by atoms with Crippen molar-refractivity contribution in [3.05, 3.63) is 30.3 Å². The summed E-state index contributed by atoms with van der Waals surface area (Å²) in [6, 6.07) is 5.15. The minimum Gasteiger partial charge on any atom is -0.495 e. The van der Waals surface area contributed by atoms with Crippen molar-refractivity contribution in [2.75, 3.05) is 12.8 Å². The van der Waals surface area contributed by atoms with Gasteiger partial charge in [0.25, 0.3) is 0 Å². The minimum absolute atomic E-state index is 0.350. The Morgan fingerprint density at radius 3 is 2.76 bits per heavy atom. The molecule has 0 bridgehead atoms. The van der Waals surface area contributed by atoms with Crippen molar-refractivity contribution in [2.45, 2.75) is 13.5 Å². The van der Waals surface area contributed by atoms with Crippen LogP contribution in [-0.2, 0) is 6.54 Å². The molecule has 0 spiro atoms. The molecular weight excluding hydrogens is 221 g/mol. The maximum atomic E-state index is 13.9. The molecule has 0 saturated carbocycles. The number of benzene rings is 1. The van der Waals surface area contributed by atoms with E-state index in [4.69, 9.17) is 10.5 Å². The van der Waals surface area contributed by atoms with Gasteiger partial charge in [-0.2, -0.15) is 9.49 Å². The van der Waals surface area contributed by atoms with Crippen LogP contribution in [0.5, 0.6) is 5.75 Å². The van der Waals surface area contributed by atoms with Crippen LogP contribution < -0.4 is 10.5 Å². The smallest absolute Gasteiger partial charge is 0.219 e. The number of hydrogen-bond donors (Lipinski definition) is 1. The highest BCUT2D eigenvalue weighted by Gasteiger charge is 2.12. The third-order valence-electron chi connectivity index (χ3n) is 2.62. The van der Waals surface area contributed by atoms with E-state index >= 15 is 0 Å². The van der Waals surface area contributed by atoms with Gasteiger partial charge in [0.1, 0.15) is 5.75 Å². The zero-order valence-corrected chi connectivity index (χ0v) is 9.77. The lowest BCUT2D eigenvalue weighted by atomic mass is 10.1.